The molecule has 1 N–H and O–H groups in total. The fourth-order valence-corrected chi connectivity index (χ4v) is 2.87. The fourth-order valence-electron chi connectivity index (χ4n) is 2.87. The van der Waals surface area contributed by atoms with E-state index in [9.17, 15) is 20.0 Å². The smallest absolute Gasteiger partial charge is 0.407 e. The van der Waals surface area contributed by atoms with E-state index in [0.29, 0.717) is 18.9 Å². The van der Waals surface area contributed by atoms with E-state index in [0.717, 1.165) is 0 Å². The maximum Gasteiger partial charge on any atom is 0.407 e. The Hall–Kier alpha value is -2.82. The number of amides is 1. The van der Waals surface area contributed by atoms with Crippen molar-refractivity contribution in [3.63, 3.8) is 0 Å². The average Bonchev–Trinajstić information content (AvgIpc) is 2.52. The number of pyridine rings is 1. The number of methoxy groups -OCH3 is 1. The first kappa shape index (κ1) is 16.5. The van der Waals surface area contributed by atoms with Gasteiger partial charge in [-0.25, -0.2) is 14.6 Å². The number of carbonyl (C=O) groups excluding carboxylic acids is 1. The SMILES string of the molecule is COC(=O)c1ccc(N2C[C@@H](C)N(C(=O)O)[C@@H](C)C2)nc1C#N. The predicted molar refractivity (Wildman–Crippen MR) is 81.3 cm³/mol. The molecule has 1 aliphatic rings. The van der Waals surface area contributed by atoms with Crippen LogP contribution in [-0.4, -0.2) is 59.3 Å². The van der Waals surface area contributed by atoms with Crippen molar-refractivity contribution < 1.29 is 19.4 Å². The summed E-state index contributed by atoms with van der Waals surface area (Å²) in [4.78, 5) is 30.4. The fraction of sp³-hybridized carbons (Fsp3) is 0.467. The highest BCUT2D eigenvalue weighted by Gasteiger charge is 2.33. The maximum absolute atomic E-state index is 11.6. The average molecular weight is 318 g/mol. The number of nitriles is 1. The quantitative estimate of drug-likeness (QED) is 0.819. The van der Waals surface area contributed by atoms with Crippen molar-refractivity contribution >= 4 is 17.9 Å². The van der Waals surface area contributed by atoms with Crippen LogP contribution in [0.2, 0.25) is 0 Å². The number of aromatic nitrogens is 1. The van der Waals surface area contributed by atoms with Crippen molar-refractivity contribution in [3.8, 4) is 6.07 Å². The molecule has 0 saturated carbocycles. The van der Waals surface area contributed by atoms with E-state index >= 15 is 0 Å². The summed E-state index contributed by atoms with van der Waals surface area (Å²) in [5.41, 5.74) is 0.110. The van der Waals surface area contributed by atoms with Crippen LogP contribution in [0.3, 0.4) is 0 Å². The first-order chi connectivity index (χ1) is 10.9. The number of anilines is 1. The van der Waals surface area contributed by atoms with Crippen molar-refractivity contribution in [1.29, 1.82) is 5.26 Å². The number of hydrogen-bond acceptors (Lipinski definition) is 6. The highest BCUT2D eigenvalue weighted by Crippen LogP contribution is 2.22. The Morgan fingerprint density at radius 3 is 2.43 bits per heavy atom. The van der Waals surface area contributed by atoms with E-state index in [1.165, 1.54) is 18.1 Å². The molecule has 1 fully saturated rings. The van der Waals surface area contributed by atoms with Crippen LogP contribution in [0.5, 0.6) is 0 Å². The number of hydrogen-bond donors (Lipinski definition) is 1. The van der Waals surface area contributed by atoms with Crippen molar-refractivity contribution in [3.05, 3.63) is 23.4 Å². The summed E-state index contributed by atoms with van der Waals surface area (Å²) in [5, 5.41) is 18.4. The Labute approximate surface area is 133 Å². The van der Waals surface area contributed by atoms with Crippen molar-refractivity contribution in [1.82, 2.24) is 9.88 Å². The van der Waals surface area contributed by atoms with Gasteiger partial charge in [0.05, 0.1) is 24.8 Å². The summed E-state index contributed by atoms with van der Waals surface area (Å²) >= 11 is 0. The van der Waals surface area contributed by atoms with Gasteiger partial charge in [-0.2, -0.15) is 5.26 Å². The van der Waals surface area contributed by atoms with Crippen LogP contribution >= 0.6 is 0 Å². The minimum atomic E-state index is -0.948. The van der Waals surface area contributed by atoms with Gasteiger partial charge in [-0.05, 0) is 26.0 Å². The van der Waals surface area contributed by atoms with Crippen LogP contribution in [0.15, 0.2) is 12.1 Å². The third kappa shape index (κ3) is 3.18. The molecule has 1 saturated heterocycles. The molecule has 1 amide bonds. The van der Waals surface area contributed by atoms with Crippen LogP contribution in [0.1, 0.15) is 29.9 Å². The first-order valence-corrected chi connectivity index (χ1v) is 7.14. The molecule has 122 valence electrons. The molecule has 1 aliphatic heterocycles. The van der Waals surface area contributed by atoms with Crippen LogP contribution in [0.4, 0.5) is 10.6 Å². The molecule has 0 aliphatic carbocycles. The summed E-state index contributed by atoms with van der Waals surface area (Å²) in [6.45, 7) is 4.58. The summed E-state index contributed by atoms with van der Waals surface area (Å²) in [7, 11) is 1.24. The van der Waals surface area contributed by atoms with Gasteiger partial charge in [0.2, 0.25) is 0 Å². The molecule has 0 bridgehead atoms. The zero-order chi connectivity index (χ0) is 17.1. The van der Waals surface area contributed by atoms with Crippen LogP contribution in [-0.2, 0) is 4.74 Å². The van der Waals surface area contributed by atoms with Crippen LogP contribution in [0, 0.1) is 11.3 Å². The van der Waals surface area contributed by atoms with Gasteiger partial charge >= 0.3 is 12.1 Å². The van der Waals surface area contributed by atoms with E-state index in [4.69, 9.17) is 0 Å². The zero-order valence-electron chi connectivity index (χ0n) is 13.2. The number of nitrogens with zero attached hydrogens (tertiary/aromatic N) is 4. The molecular formula is C15H18N4O4. The number of carboxylic acid groups (broad SMARTS) is 1. The number of carbonyl (C=O) groups is 2. The van der Waals surface area contributed by atoms with E-state index < -0.39 is 12.1 Å². The van der Waals surface area contributed by atoms with E-state index in [-0.39, 0.29) is 23.3 Å². The summed E-state index contributed by atoms with van der Waals surface area (Å²) in [5.74, 6) is -0.0732. The number of rotatable bonds is 2. The van der Waals surface area contributed by atoms with Gasteiger partial charge in [-0.15, -0.1) is 0 Å². The second-order valence-electron chi connectivity index (χ2n) is 5.46. The van der Waals surface area contributed by atoms with Crippen LogP contribution < -0.4 is 4.90 Å². The lowest BCUT2D eigenvalue weighted by atomic mass is 10.1. The Morgan fingerprint density at radius 2 is 1.96 bits per heavy atom. The Bertz CT molecular complexity index is 658. The molecule has 1 aromatic heterocycles. The Morgan fingerprint density at radius 1 is 1.35 bits per heavy atom. The molecule has 8 heteroatoms. The van der Waals surface area contributed by atoms with E-state index in [2.05, 4.69) is 9.72 Å². The van der Waals surface area contributed by atoms with E-state index in [1.807, 2.05) is 24.8 Å². The van der Waals surface area contributed by atoms with Gasteiger partial charge in [0.15, 0.2) is 5.69 Å². The molecule has 0 radical (unpaired) electrons. The van der Waals surface area contributed by atoms with Gasteiger partial charge < -0.3 is 14.7 Å². The molecule has 2 atom stereocenters. The van der Waals surface area contributed by atoms with Crippen molar-refractivity contribution in [2.75, 3.05) is 25.1 Å². The van der Waals surface area contributed by atoms with Gasteiger partial charge in [0.25, 0.3) is 0 Å². The predicted octanol–water partition coefficient (Wildman–Crippen LogP) is 1.32. The summed E-state index contributed by atoms with van der Waals surface area (Å²) in [6.07, 6.45) is -0.948. The first-order valence-electron chi connectivity index (χ1n) is 7.14. The molecular weight excluding hydrogens is 300 g/mol. The molecule has 0 aromatic carbocycles. The molecule has 0 unspecified atom stereocenters. The molecule has 0 spiro atoms. The minimum absolute atomic E-state index is 0.00433. The van der Waals surface area contributed by atoms with Gasteiger partial charge in [-0.1, -0.05) is 0 Å². The molecule has 2 heterocycles. The molecule has 23 heavy (non-hydrogen) atoms. The number of ether oxygens (including phenoxy) is 1. The van der Waals surface area contributed by atoms with E-state index in [1.54, 1.807) is 6.07 Å². The Kier molecular flexibility index (Phi) is 4.69. The van der Waals surface area contributed by atoms with Crippen molar-refractivity contribution in [2.45, 2.75) is 25.9 Å². The topological polar surface area (TPSA) is 107 Å². The molecule has 1 aromatic rings. The maximum atomic E-state index is 11.6. The highest BCUT2D eigenvalue weighted by molar-refractivity contribution is 5.91. The normalized spacial score (nSPS) is 20.8. The Balaban J connectivity index is 2.28. The zero-order valence-corrected chi connectivity index (χ0v) is 13.2. The standard InChI is InChI=1S/C15H18N4O4/c1-9-7-18(8-10(2)19(9)15(21)22)13-5-4-11(14(20)23-3)12(6-16)17-13/h4-5,9-10H,7-8H2,1-3H3,(H,21,22)/t9-,10+. The number of esters is 1. The second kappa shape index (κ2) is 6.52. The molecule has 8 nitrogen and oxygen atoms in total. The van der Waals surface area contributed by atoms with Gasteiger partial charge in [0.1, 0.15) is 11.9 Å². The second-order valence-corrected chi connectivity index (χ2v) is 5.46. The van der Waals surface area contributed by atoms with Gasteiger partial charge in [-0.3, -0.25) is 4.90 Å². The largest absolute Gasteiger partial charge is 0.465 e. The lowest BCUT2D eigenvalue weighted by Gasteiger charge is -2.43. The van der Waals surface area contributed by atoms with Crippen molar-refractivity contribution in [2.24, 2.45) is 0 Å². The summed E-state index contributed by atoms with van der Waals surface area (Å²) in [6, 6.07) is 4.63. The third-order valence-electron chi connectivity index (χ3n) is 3.86. The summed E-state index contributed by atoms with van der Waals surface area (Å²) < 4.78 is 4.62. The lowest BCUT2D eigenvalue weighted by molar-refractivity contribution is 0.0599. The van der Waals surface area contributed by atoms with Crippen LogP contribution in [0.25, 0.3) is 0 Å². The number of piperazine rings is 1. The lowest BCUT2D eigenvalue weighted by Crippen LogP contribution is -2.58. The highest BCUT2D eigenvalue weighted by atomic mass is 16.5. The minimum Gasteiger partial charge on any atom is -0.465 e. The van der Waals surface area contributed by atoms with Gasteiger partial charge in [0, 0.05) is 13.1 Å². The molecule has 2 rings (SSSR count). The third-order valence-corrected chi connectivity index (χ3v) is 3.86. The monoisotopic (exact) mass is 318 g/mol.